The third kappa shape index (κ3) is 4.41. The summed E-state index contributed by atoms with van der Waals surface area (Å²) in [6.07, 6.45) is 8.97. The lowest BCUT2D eigenvalue weighted by atomic mass is 9.99. The minimum absolute atomic E-state index is 0.533. The zero-order valence-electron chi connectivity index (χ0n) is 14.7. The monoisotopic (exact) mass is 364 g/mol. The second-order valence-corrected chi connectivity index (χ2v) is 7.07. The molecule has 1 aliphatic heterocycles. The van der Waals surface area contributed by atoms with Crippen LogP contribution in [0.5, 0.6) is 5.75 Å². The molecule has 3 rings (SSSR count). The van der Waals surface area contributed by atoms with E-state index in [1.165, 1.54) is 16.5 Å². The molecule has 1 aliphatic rings. The minimum atomic E-state index is -0.936. The van der Waals surface area contributed by atoms with Gasteiger partial charge in [-0.05, 0) is 71.9 Å². The Kier molecular flexibility index (Phi) is 5.54. The van der Waals surface area contributed by atoms with E-state index >= 15 is 0 Å². The van der Waals surface area contributed by atoms with Crippen LogP contribution in [-0.4, -0.2) is 17.7 Å². The topological polar surface area (TPSA) is 46.5 Å². The van der Waals surface area contributed by atoms with E-state index in [0.717, 1.165) is 22.5 Å². The van der Waals surface area contributed by atoms with Gasteiger partial charge in [-0.2, -0.15) is 0 Å². The van der Waals surface area contributed by atoms with Gasteiger partial charge >= 0.3 is 5.97 Å². The van der Waals surface area contributed by atoms with E-state index in [9.17, 15) is 4.79 Å². The van der Waals surface area contributed by atoms with E-state index in [4.69, 9.17) is 9.84 Å². The Morgan fingerprint density at radius 3 is 2.85 bits per heavy atom. The van der Waals surface area contributed by atoms with Crippen LogP contribution in [0.1, 0.15) is 19.4 Å². The molecular formula is C22H20O3S. The molecule has 3 nitrogen and oxygen atoms in total. The zero-order valence-corrected chi connectivity index (χ0v) is 15.5. The summed E-state index contributed by atoms with van der Waals surface area (Å²) in [6, 6.07) is 10.4. The number of benzene rings is 1. The normalized spacial score (nSPS) is 14.8. The summed E-state index contributed by atoms with van der Waals surface area (Å²) in [5.74, 6) is -0.0352. The smallest absolute Gasteiger partial charge is 0.328 e. The minimum Gasteiger partial charge on any atom is -0.488 e. The fourth-order valence-electron chi connectivity index (χ4n) is 2.70. The van der Waals surface area contributed by atoms with E-state index < -0.39 is 5.97 Å². The predicted molar refractivity (Wildman–Crippen MR) is 108 cm³/mol. The Bertz CT molecular complexity index is 928. The Hall–Kier alpha value is -2.85. The molecule has 0 unspecified atom stereocenters. The number of carboxylic acids is 1. The fraction of sp³-hybridized carbons (Fsp3) is 0.136. The highest BCUT2D eigenvalue weighted by atomic mass is 32.1. The summed E-state index contributed by atoms with van der Waals surface area (Å²) >= 11 is 1.72. The number of rotatable bonds is 5. The second-order valence-electron chi connectivity index (χ2n) is 6.12. The molecule has 0 bridgehead atoms. The Morgan fingerprint density at radius 1 is 1.27 bits per heavy atom. The van der Waals surface area contributed by atoms with Crippen molar-refractivity contribution in [2.24, 2.45) is 0 Å². The maximum Gasteiger partial charge on any atom is 0.328 e. The van der Waals surface area contributed by atoms with Crippen LogP contribution >= 0.6 is 11.3 Å². The van der Waals surface area contributed by atoms with E-state index in [1.54, 1.807) is 24.3 Å². The number of hydrogen-bond acceptors (Lipinski definition) is 3. The summed E-state index contributed by atoms with van der Waals surface area (Å²) < 4.78 is 5.89. The number of thiophene rings is 1. The van der Waals surface area contributed by atoms with Gasteiger partial charge in [0.25, 0.3) is 0 Å². The number of carbonyl (C=O) groups is 1. The third-order valence-corrected chi connectivity index (χ3v) is 5.01. The fourth-order valence-corrected chi connectivity index (χ4v) is 3.42. The molecule has 1 aromatic carbocycles. The molecule has 1 N–H and O–H groups in total. The van der Waals surface area contributed by atoms with Crippen molar-refractivity contribution in [1.82, 2.24) is 0 Å². The average molecular weight is 364 g/mol. The van der Waals surface area contributed by atoms with Crippen molar-refractivity contribution in [2.45, 2.75) is 13.8 Å². The summed E-state index contributed by atoms with van der Waals surface area (Å²) in [5, 5.41) is 10.8. The van der Waals surface area contributed by atoms with Crippen LogP contribution in [-0.2, 0) is 4.79 Å². The maximum absolute atomic E-state index is 10.6. The van der Waals surface area contributed by atoms with Gasteiger partial charge in [0.1, 0.15) is 12.4 Å². The molecule has 132 valence electrons. The van der Waals surface area contributed by atoms with Crippen LogP contribution in [0.4, 0.5) is 0 Å². The van der Waals surface area contributed by atoms with Gasteiger partial charge in [0, 0.05) is 16.5 Å². The maximum atomic E-state index is 10.6. The molecule has 2 aromatic rings. The van der Waals surface area contributed by atoms with Gasteiger partial charge in [-0.15, -0.1) is 11.3 Å². The van der Waals surface area contributed by atoms with Gasteiger partial charge in [-0.25, -0.2) is 4.79 Å². The molecule has 0 fully saturated rings. The number of hydrogen-bond donors (Lipinski definition) is 1. The first kappa shape index (κ1) is 18.0. The zero-order chi connectivity index (χ0) is 18.5. The molecule has 1 aromatic heterocycles. The summed E-state index contributed by atoms with van der Waals surface area (Å²) in [6.45, 7) is 4.33. The van der Waals surface area contributed by atoms with E-state index in [-0.39, 0.29) is 0 Å². The molecule has 0 aliphatic carbocycles. The highest BCUT2D eigenvalue weighted by molar-refractivity contribution is 7.13. The molecule has 0 atom stereocenters. The molecule has 26 heavy (non-hydrogen) atoms. The van der Waals surface area contributed by atoms with Crippen LogP contribution in [0, 0.1) is 0 Å². The van der Waals surface area contributed by atoms with Crippen LogP contribution in [0.3, 0.4) is 0 Å². The third-order valence-electron chi connectivity index (χ3n) is 4.09. The molecule has 0 saturated carbocycles. The van der Waals surface area contributed by atoms with Crippen LogP contribution in [0.15, 0.2) is 76.7 Å². The quantitative estimate of drug-likeness (QED) is 0.545. The molecule has 0 spiro atoms. The largest absolute Gasteiger partial charge is 0.488 e. The van der Waals surface area contributed by atoms with Crippen molar-refractivity contribution < 1.29 is 14.6 Å². The van der Waals surface area contributed by atoms with Crippen molar-refractivity contribution in [3.05, 3.63) is 82.3 Å². The first-order valence-corrected chi connectivity index (χ1v) is 9.19. The molecule has 0 saturated heterocycles. The van der Waals surface area contributed by atoms with Crippen molar-refractivity contribution in [3.63, 3.8) is 0 Å². The summed E-state index contributed by atoms with van der Waals surface area (Å²) in [4.78, 5) is 11.9. The lowest BCUT2D eigenvalue weighted by molar-refractivity contribution is -0.131. The Morgan fingerprint density at radius 2 is 2.12 bits per heavy atom. The van der Waals surface area contributed by atoms with Gasteiger partial charge < -0.3 is 9.84 Å². The predicted octanol–water partition coefficient (Wildman–Crippen LogP) is 5.72. The van der Waals surface area contributed by atoms with E-state index in [0.29, 0.717) is 12.2 Å². The van der Waals surface area contributed by atoms with Crippen LogP contribution < -0.4 is 4.74 Å². The first-order chi connectivity index (χ1) is 12.5. The van der Waals surface area contributed by atoms with Crippen molar-refractivity contribution in [2.75, 3.05) is 6.61 Å². The Labute approximate surface area is 157 Å². The summed E-state index contributed by atoms with van der Waals surface area (Å²) in [5.41, 5.74) is 5.18. The molecule has 0 radical (unpaired) electrons. The highest BCUT2D eigenvalue weighted by Crippen LogP contribution is 2.34. The molecule has 2 heterocycles. The van der Waals surface area contributed by atoms with Crippen LogP contribution in [0.2, 0.25) is 0 Å². The second kappa shape index (κ2) is 8.02. The highest BCUT2D eigenvalue weighted by Gasteiger charge is 2.13. The van der Waals surface area contributed by atoms with Crippen molar-refractivity contribution in [3.8, 4) is 16.2 Å². The number of allylic oxidation sites excluding steroid dienone is 4. The molecular weight excluding hydrogens is 344 g/mol. The molecule has 0 amide bonds. The van der Waals surface area contributed by atoms with Gasteiger partial charge in [0.05, 0.1) is 0 Å². The van der Waals surface area contributed by atoms with Crippen LogP contribution in [0.25, 0.3) is 16.5 Å². The average Bonchev–Trinajstić information content (AvgIpc) is 3.14. The lowest BCUT2D eigenvalue weighted by Crippen LogP contribution is -2.08. The lowest BCUT2D eigenvalue weighted by Gasteiger charge is -2.19. The van der Waals surface area contributed by atoms with Gasteiger partial charge in [0.2, 0.25) is 0 Å². The first-order valence-electron chi connectivity index (χ1n) is 8.31. The van der Waals surface area contributed by atoms with Crippen molar-refractivity contribution in [1.29, 1.82) is 0 Å². The number of fused-ring (bicyclic) bond motifs is 1. The number of aliphatic carboxylic acids is 1. The number of ether oxygens (including phenoxy) is 1. The van der Waals surface area contributed by atoms with Gasteiger partial charge in [-0.1, -0.05) is 24.3 Å². The van der Waals surface area contributed by atoms with Gasteiger partial charge in [-0.3, -0.25) is 0 Å². The Balaban J connectivity index is 1.82. The SMILES string of the molecule is CC(/C=C/C=C(\C)C1=Cc2cc(-c3cccs3)ccc2OC1)=C\C(=O)O. The number of carboxylic acid groups (broad SMARTS) is 1. The van der Waals surface area contributed by atoms with Gasteiger partial charge in [0.15, 0.2) is 0 Å². The van der Waals surface area contributed by atoms with E-state index in [1.807, 2.05) is 25.1 Å². The summed E-state index contributed by atoms with van der Waals surface area (Å²) in [7, 11) is 0. The standard InChI is InChI=1S/C22H20O3S/c1-15(11-22(23)24)5-3-6-16(2)19-13-18-12-17(21-7-4-10-26-21)8-9-20(18)25-14-19/h3-13H,14H2,1-2H3,(H,23,24)/b5-3+,15-11+,16-6+. The van der Waals surface area contributed by atoms with E-state index in [2.05, 4.69) is 35.7 Å². The molecule has 4 heteroatoms. The van der Waals surface area contributed by atoms with Crippen molar-refractivity contribution >= 4 is 23.4 Å².